The molecule has 0 radical (unpaired) electrons. The zero-order valence-corrected chi connectivity index (χ0v) is 22.0. The summed E-state index contributed by atoms with van der Waals surface area (Å²) in [5.41, 5.74) is 7.17. The highest BCUT2D eigenvalue weighted by Crippen LogP contribution is 2.27. The van der Waals surface area contributed by atoms with Crippen LogP contribution >= 0.6 is 0 Å². The van der Waals surface area contributed by atoms with Gasteiger partial charge in [-0.25, -0.2) is 4.79 Å². The maximum atomic E-state index is 12.7. The number of amides is 1. The largest absolute Gasteiger partial charge is 0.469 e. The first-order valence-electron chi connectivity index (χ1n) is 13.3. The van der Waals surface area contributed by atoms with Gasteiger partial charge in [-0.15, -0.1) is 0 Å². The molecule has 38 heavy (non-hydrogen) atoms. The lowest BCUT2D eigenvalue weighted by Crippen LogP contribution is -2.33. The van der Waals surface area contributed by atoms with Crippen LogP contribution in [-0.2, 0) is 40.1 Å². The Morgan fingerprint density at radius 3 is 2.18 bits per heavy atom. The van der Waals surface area contributed by atoms with Crippen molar-refractivity contribution in [2.75, 3.05) is 49.8 Å². The second-order valence-corrected chi connectivity index (χ2v) is 9.89. The lowest BCUT2D eigenvalue weighted by molar-refractivity contribution is -0.140. The van der Waals surface area contributed by atoms with Crippen molar-refractivity contribution in [1.29, 1.82) is 0 Å². The van der Waals surface area contributed by atoms with Crippen molar-refractivity contribution in [2.24, 2.45) is 0 Å². The fourth-order valence-electron chi connectivity index (χ4n) is 5.13. The molecular formula is C31H35N3O4. The zero-order valence-electron chi connectivity index (χ0n) is 22.0. The summed E-state index contributed by atoms with van der Waals surface area (Å²) in [6.07, 6.45) is 2.52. The molecule has 7 nitrogen and oxygen atoms in total. The van der Waals surface area contributed by atoms with Crippen molar-refractivity contribution >= 4 is 23.4 Å². The van der Waals surface area contributed by atoms with Crippen molar-refractivity contribution in [3.8, 4) is 0 Å². The highest BCUT2D eigenvalue weighted by atomic mass is 16.6. The van der Waals surface area contributed by atoms with Gasteiger partial charge in [-0.05, 0) is 65.8 Å². The molecule has 1 amide bonds. The number of carbonyl (C=O) groups excluding carboxylic acids is 2. The Morgan fingerprint density at radius 2 is 1.45 bits per heavy atom. The summed E-state index contributed by atoms with van der Waals surface area (Å²) in [4.78, 5) is 30.7. The summed E-state index contributed by atoms with van der Waals surface area (Å²) >= 11 is 0. The molecule has 0 aromatic heterocycles. The number of rotatable bonds is 7. The molecule has 3 aromatic carbocycles. The van der Waals surface area contributed by atoms with E-state index in [9.17, 15) is 9.59 Å². The van der Waals surface area contributed by atoms with Crippen LogP contribution in [-0.4, -0.2) is 56.9 Å². The Hall–Kier alpha value is -4.00. The summed E-state index contributed by atoms with van der Waals surface area (Å²) < 4.78 is 10.3. The third kappa shape index (κ3) is 6.28. The number of methoxy groups -OCH3 is 1. The van der Waals surface area contributed by atoms with E-state index in [0.29, 0.717) is 32.5 Å². The molecule has 198 valence electrons. The summed E-state index contributed by atoms with van der Waals surface area (Å²) in [6.45, 7) is 4.39. The number of esters is 1. The Kier molecular flexibility index (Phi) is 8.12. The minimum Gasteiger partial charge on any atom is -0.469 e. The molecule has 0 aliphatic carbocycles. The number of carbonyl (C=O) groups is 2. The standard InChI is InChI=1S/C31H35N3O4/c1-37-30(35)14-9-24-7-11-28(12-8-24)33-19-20-34(23-33)29-13-10-26-15-17-32(18-16-27(26)21-29)31(36)38-22-25-5-3-2-4-6-25/h2-8,10-13,21H,9,14-20,22-23H2,1H3. The maximum Gasteiger partial charge on any atom is 0.410 e. The Morgan fingerprint density at radius 1 is 0.763 bits per heavy atom. The maximum absolute atomic E-state index is 12.7. The lowest BCUT2D eigenvalue weighted by atomic mass is 10.0. The summed E-state index contributed by atoms with van der Waals surface area (Å²) in [6, 6.07) is 25.0. The highest BCUT2D eigenvalue weighted by Gasteiger charge is 2.23. The number of anilines is 2. The molecule has 0 saturated carbocycles. The van der Waals surface area contributed by atoms with Crippen molar-refractivity contribution in [1.82, 2.24) is 4.90 Å². The minimum absolute atomic E-state index is 0.180. The first-order chi connectivity index (χ1) is 18.6. The van der Waals surface area contributed by atoms with Gasteiger partial charge in [0.2, 0.25) is 0 Å². The second-order valence-electron chi connectivity index (χ2n) is 9.89. The van der Waals surface area contributed by atoms with Crippen LogP contribution in [0.25, 0.3) is 0 Å². The summed E-state index contributed by atoms with van der Waals surface area (Å²) in [7, 11) is 1.42. The molecule has 2 heterocycles. The van der Waals surface area contributed by atoms with Crippen LogP contribution < -0.4 is 9.80 Å². The number of aryl methyl sites for hydroxylation is 1. The first kappa shape index (κ1) is 25.6. The summed E-state index contributed by atoms with van der Waals surface area (Å²) in [5.74, 6) is -0.180. The fraction of sp³-hybridized carbons (Fsp3) is 0.355. The molecule has 5 rings (SSSR count). The zero-order chi connectivity index (χ0) is 26.3. The SMILES string of the molecule is COC(=O)CCc1ccc(N2CCN(c3ccc4c(c3)CCN(C(=O)OCc3ccccc3)CC4)C2)cc1. The van der Waals surface area contributed by atoms with E-state index in [4.69, 9.17) is 9.47 Å². The van der Waals surface area contributed by atoms with E-state index in [2.05, 4.69) is 52.3 Å². The fourth-order valence-corrected chi connectivity index (χ4v) is 5.13. The predicted octanol–water partition coefficient (Wildman–Crippen LogP) is 4.81. The van der Waals surface area contributed by atoms with Gasteiger partial charge in [0, 0.05) is 44.0 Å². The van der Waals surface area contributed by atoms with Crippen molar-refractivity contribution < 1.29 is 19.1 Å². The molecule has 2 aliphatic heterocycles. The monoisotopic (exact) mass is 513 g/mol. The molecule has 2 aliphatic rings. The van der Waals surface area contributed by atoms with Crippen LogP contribution in [0.15, 0.2) is 72.8 Å². The van der Waals surface area contributed by atoms with Gasteiger partial charge in [0.05, 0.1) is 13.8 Å². The number of hydrogen-bond donors (Lipinski definition) is 0. The molecule has 1 saturated heterocycles. The van der Waals surface area contributed by atoms with E-state index in [0.717, 1.165) is 43.7 Å². The van der Waals surface area contributed by atoms with Crippen LogP contribution in [0.1, 0.15) is 28.7 Å². The summed E-state index contributed by atoms with van der Waals surface area (Å²) in [5, 5.41) is 0. The normalized spacial score (nSPS) is 15.1. The van der Waals surface area contributed by atoms with Crippen LogP contribution in [0, 0.1) is 0 Å². The molecular weight excluding hydrogens is 478 g/mol. The number of hydrogen-bond acceptors (Lipinski definition) is 6. The molecule has 1 fully saturated rings. The molecule has 3 aromatic rings. The number of benzene rings is 3. The van der Waals surface area contributed by atoms with Gasteiger partial charge in [0.15, 0.2) is 0 Å². The van der Waals surface area contributed by atoms with Crippen LogP contribution in [0.5, 0.6) is 0 Å². The average molecular weight is 514 g/mol. The first-order valence-corrected chi connectivity index (χ1v) is 13.3. The van der Waals surface area contributed by atoms with Gasteiger partial charge in [0.1, 0.15) is 6.61 Å². The smallest absolute Gasteiger partial charge is 0.410 e. The quantitative estimate of drug-likeness (QED) is 0.423. The van der Waals surface area contributed by atoms with E-state index < -0.39 is 0 Å². The van der Waals surface area contributed by atoms with Gasteiger partial charge >= 0.3 is 12.1 Å². The third-order valence-electron chi connectivity index (χ3n) is 7.45. The van der Waals surface area contributed by atoms with E-state index in [-0.39, 0.29) is 12.1 Å². The van der Waals surface area contributed by atoms with Crippen molar-refractivity contribution in [3.05, 3.63) is 95.1 Å². The number of ether oxygens (including phenoxy) is 2. The number of nitrogens with zero attached hydrogens (tertiary/aromatic N) is 3. The van der Waals surface area contributed by atoms with Gasteiger partial charge in [-0.2, -0.15) is 0 Å². The Labute approximate surface area is 224 Å². The molecule has 0 N–H and O–H groups in total. The molecule has 7 heteroatoms. The highest BCUT2D eigenvalue weighted by molar-refractivity contribution is 5.69. The van der Waals surface area contributed by atoms with Gasteiger partial charge in [-0.1, -0.05) is 48.5 Å². The number of fused-ring (bicyclic) bond motifs is 1. The minimum atomic E-state index is -0.242. The Bertz CT molecular complexity index is 1250. The molecule has 0 spiro atoms. The topological polar surface area (TPSA) is 62.3 Å². The van der Waals surface area contributed by atoms with Crippen LogP contribution in [0.3, 0.4) is 0 Å². The average Bonchev–Trinajstić information content (AvgIpc) is 3.36. The molecule has 0 bridgehead atoms. The molecule has 0 atom stereocenters. The van der Waals surface area contributed by atoms with E-state index >= 15 is 0 Å². The van der Waals surface area contributed by atoms with Crippen molar-refractivity contribution in [3.63, 3.8) is 0 Å². The third-order valence-corrected chi connectivity index (χ3v) is 7.45. The van der Waals surface area contributed by atoms with Crippen LogP contribution in [0.2, 0.25) is 0 Å². The van der Waals surface area contributed by atoms with E-state index in [1.165, 1.54) is 29.6 Å². The van der Waals surface area contributed by atoms with Gasteiger partial charge in [0.25, 0.3) is 0 Å². The van der Waals surface area contributed by atoms with Crippen molar-refractivity contribution in [2.45, 2.75) is 32.3 Å². The second kappa shape index (κ2) is 12.0. The van der Waals surface area contributed by atoms with E-state index in [1.54, 1.807) is 0 Å². The molecule has 0 unspecified atom stereocenters. The van der Waals surface area contributed by atoms with E-state index in [1.807, 2.05) is 35.2 Å². The van der Waals surface area contributed by atoms with Gasteiger partial charge in [-0.3, -0.25) is 4.79 Å². The lowest BCUT2D eigenvalue weighted by Gasteiger charge is -2.22. The van der Waals surface area contributed by atoms with Gasteiger partial charge < -0.3 is 24.2 Å². The van der Waals surface area contributed by atoms with Crippen LogP contribution in [0.4, 0.5) is 16.2 Å². The predicted molar refractivity (Wildman–Crippen MR) is 148 cm³/mol. The Balaban J connectivity index is 1.15.